The van der Waals surface area contributed by atoms with Crippen LogP contribution in [0, 0.1) is 13.8 Å². The van der Waals surface area contributed by atoms with Crippen molar-refractivity contribution in [3.8, 4) is 0 Å². The van der Waals surface area contributed by atoms with Crippen molar-refractivity contribution >= 4 is 28.3 Å². The van der Waals surface area contributed by atoms with Gasteiger partial charge in [-0.2, -0.15) is 0 Å². The molecule has 2 heterocycles. The Morgan fingerprint density at radius 1 is 1.38 bits per heavy atom. The molecule has 1 fully saturated rings. The third-order valence-corrected chi connectivity index (χ3v) is 6.30. The predicted octanol–water partition coefficient (Wildman–Crippen LogP) is 4.87. The smallest absolute Gasteiger partial charge is 0.339 e. The maximum Gasteiger partial charge on any atom is 0.339 e. The summed E-state index contributed by atoms with van der Waals surface area (Å²) in [6.07, 6.45) is 6.52. The summed E-state index contributed by atoms with van der Waals surface area (Å²) in [5.74, 6) is -0.467. The van der Waals surface area contributed by atoms with Crippen LogP contribution in [-0.2, 0) is 11.8 Å². The first-order valence-electron chi connectivity index (χ1n) is 8.17. The van der Waals surface area contributed by atoms with Crippen molar-refractivity contribution in [2.75, 3.05) is 0 Å². The number of nitrogens with zero attached hydrogens (tertiary/aromatic N) is 1. The van der Waals surface area contributed by atoms with E-state index in [1.165, 1.54) is 24.1 Å². The minimum absolute atomic E-state index is 0.168. The molecule has 1 saturated carbocycles. The molecule has 0 atom stereocenters. The van der Waals surface area contributed by atoms with Crippen LogP contribution in [0.25, 0.3) is 11.0 Å². The van der Waals surface area contributed by atoms with E-state index in [4.69, 9.17) is 4.42 Å². The zero-order valence-corrected chi connectivity index (χ0v) is 14.6. The number of aromatic carboxylic acids is 1. The molecule has 0 radical (unpaired) electrons. The van der Waals surface area contributed by atoms with Gasteiger partial charge in [0.25, 0.3) is 0 Å². The lowest BCUT2D eigenvalue weighted by molar-refractivity contribution is 0.0697. The van der Waals surface area contributed by atoms with Gasteiger partial charge in [0.2, 0.25) is 0 Å². The van der Waals surface area contributed by atoms with Crippen molar-refractivity contribution in [1.29, 1.82) is 0 Å². The van der Waals surface area contributed by atoms with E-state index in [2.05, 4.69) is 11.1 Å². The van der Waals surface area contributed by atoms with Crippen LogP contribution < -0.4 is 0 Å². The molecular formula is C19H19NO3S. The van der Waals surface area contributed by atoms with Gasteiger partial charge in [0.05, 0.1) is 5.01 Å². The molecular weight excluding hydrogens is 322 g/mol. The Kier molecular flexibility index (Phi) is 3.49. The molecule has 0 unspecified atom stereocenters. The molecule has 3 aromatic rings. The van der Waals surface area contributed by atoms with Gasteiger partial charge in [-0.05, 0) is 50.8 Å². The lowest BCUT2D eigenvalue weighted by Gasteiger charge is -2.41. The standard InChI is InChI=1S/C19H19NO3S/c1-11-17(18(21)22)14-8-13(4-5-15(14)23-11)9-19(6-3-7-19)16-10-20-12(2)24-16/h4-5,8,10H,3,6-7,9H2,1-2H3,(H,21,22). The lowest BCUT2D eigenvalue weighted by Crippen LogP contribution is -2.35. The molecule has 0 saturated heterocycles. The number of carbonyl (C=O) groups is 1. The topological polar surface area (TPSA) is 63.3 Å². The maximum atomic E-state index is 11.5. The van der Waals surface area contributed by atoms with E-state index in [1.54, 1.807) is 18.3 Å². The minimum atomic E-state index is -0.931. The number of hydrogen-bond donors (Lipinski definition) is 1. The summed E-state index contributed by atoms with van der Waals surface area (Å²) in [4.78, 5) is 17.3. The third-order valence-electron chi connectivity index (χ3n) is 5.14. The summed E-state index contributed by atoms with van der Waals surface area (Å²) in [6, 6.07) is 5.95. The number of furan rings is 1. The Bertz CT molecular complexity index is 933. The Morgan fingerprint density at radius 3 is 2.75 bits per heavy atom. The summed E-state index contributed by atoms with van der Waals surface area (Å²) in [7, 11) is 0. The average molecular weight is 341 g/mol. The van der Waals surface area contributed by atoms with Crippen LogP contribution in [0.3, 0.4) is 0 Å². The summed E-state index contributed by atoms with van der Waals surface area (Å²) in [5, 5.41) is 11.3. The molecule has 5 heteroatoms. The Labute approximate surface area is 144 Å². The fraction of sp³-hybridized carbons (Fsp3) is 0.368. The molecule has 4 nitrogen and oxygen atoms in total. The van der Waals surface area contributed by atoms with Gasteiger partial charge in [0, 0.05) is 21.9 Å². The Balaban J connectivity index is 1.74. The van der Waals surface area contributed by atoms with Gasteiger partial charge in [0.15, 0.2) is 0 Å². The van der Waals surface area contributed by atoms with Crippen molar-refractivity contribution in [3.05, 3.63) is 51.2 Å². The first kappa shape index (κ1) is 15.4. The van der Waals surface area contributed by atoms with E-state index < -0.39 is 5.97 Å². The molecule has 1 aliphatic rings. The van der Waals surface area contributed by atoms with E-state index in [0.29, 0.717) is 16.7 Å². The van der Waals surface area contributed by atoms with Crippen molar-refractivity contribution in [2.24, 2.45) is 0 Å². The molecule has 0 amide bonds. The molecule has 0 spiro atoms. The number of aromatic nitrogens is 1. The van der Waals surface area contributed by atoms with Gasteiger partial charge in [-0.25, -0.2) is 9.78 Å². The fourth-order valence-electron chi connectivity index (χ4n) is 3.75. The third kappa shape index (κ3) is 2.35. The van der Waals surface area contributed by atoms with Crippen molar-refractivity contribution < 1.29 is 14.3 Å². The van der Waals surface area contributed by atoms with Gasteiger partial charge >= 0.3 is 5.97 Å². The highest BCUT2D eigenvalue weighted by Gasteiger charge is 2.40. The van der Waals surface area contributed by atoms with E-state index in [9.17, 15) is 9.90 Å². The van der Waals surface area contributed by atoms with Crippen molar-refractivity contribution in [3.63, 3.8) is 0 Å². The lowest BCUT2D eigenvalue weighted by atomic mass is 9.64. The zero-order chi connectivity index (χ0) is 16.9. The number of aryl methyl sites for hydroxylation is 2. The zero-order valence-electron chi connectivity index (χ0n) is 13.8. The molecule has 4 rings (SSSR count). The van der Waals surface area contributed by atoms with Crippen LogP contribution in [-0.4, -0.2) is 16.1 Å². The Morgan fingerprint density at radius 2 is 2.17 bits per heavy atom. The number of carboxylic acid groups (broad SMARTS) is 1. The highest BCUT2D eigenvalue weighted by Crippen LogP contribution is 2.48. The molecule has 1 aliphatic carbocycles. The van der Waals surface area contributed by atoms with E-state index >= 15 is 0 Å². The fourth-order valence-corrected chi connectivity index (χ4v) is 4.78. The summed E-state index contributed by atoms with van der Waals surface area (Å²) in [6.45, 7) is 3.75. The number of thiazole rings is 1. The van der Waals surface area contributed by atoms with Crippen LogP contribution in [0.2, 0.25) is 0 Å². The van der Waals surface area contributed by atoms with Crippen LogP contribution in [0.4, 0.5) is 0 Å². The number of rotatable bonds is 4. The van der Waals surface area contributed by atoms with Gasteiger partial charge in [-0.1, -0.05) is 12.5 Å². The van der Waals surface area contributed by atoms with Crippen LogP contribution in [0.5, 0.6) is 0 Å². The number of fused-ring (bicyclic) bond motifs is 1. The molecule has 24 heavy (non-hydrogen) atoms. The highest BCUT2D eigenvalue weighted by atomic mass is 32.1. The first-order valence-corrected chi connectivity index (χ1v) is 8.98. The quantitative estimate of drug-likeness (QED) is 0.735. The monoisotopic (exact) mass is 341 g/mol. The summed E-state index contributed by atoms with van der Waals surface area (Å²) >= 11 is 1.78. The maximum absolute atomic E-state index is 11.5. The van der Waals surface area contributed by atoms with E-state index in [1.807, 2.05) is 25.3 Å². The number of benzene rings is 1. The predicted molar refractivity (Wildman–Crippen MR) is 94.0 cm³/mol. The van der Waals surface area contributed by atoms with Gasteiger partial charge in [-0.15, -0.1) is 11.3 Å². The molecule has 1 N–H and O–H groups in total. The normalized spacial score (nSPS) is 16.2. The molecule has 1 aromatic carbocycles. The first-order chi connectivity index (χ1) is 11.5. The van der Waals surface area contributed by atoms with Gasteiger partial charge in [-0.3, -0.25) is 0 Å². The van der Waals surface area contributed by atoms with Crippen molar-refractivity contribution in [1.82, 2.24) is 4.98 Å². The van der Waals surface area contributed by atoms with E-state index in [0.717, 1.165) is 17.0 Å². The largest absolute Gasteiger partial charge is 0.478 e. The second-order valence-electron chi connectivity index (χ2n) is 6.72. The number of carboxylic acids is 1. The number of hydrogen-bond acceptors (Lipinski definition) is 4. The van der Waals surface area contributed by atoms with Gasteiger partial charge < -0.3 is 9.52 Å². The molecule has 2 aromatic heterocycles. The average Bonchev–Trinajstić information content (AvgIpc) is 3.05. The highest BCUT2D eigenvalue weighted by molar-refractivity contribution is 7.11. The van der Waals surface area contributed by atoms with Gasteiger partial charge in [0.1, 0.15) is 16.9 Å². The Hall–Kier alpha value is -2.14. The van der Waals surface area contributed by atoms with E-state index in [-0.39, 0.29) is 11.0 Å². The summed E-state index contributed by atoms with van der Waals surface area (Å²) < 4.78 is 5.58. The second-order valence-corrected chi connectivity index (χ2v) is 7.96. The second kappa shape index (κ2) is 5.45. The molecule has 0 aliphatic heterocycles. The van der Waals surface area contributed by atoms with Crippen LogP contribution in [0.15, 0.2) is 28.8 Å². The van der Waals surface area contributed by atoms with Crippen molar-refractivity contribution in [2.45, 2.75) is 44.9 Å². The minimum Gasteiger partial charge on any atom is -0.478 e. The van der Waals surface area contributed by atoms with Crippen LogP contribution >= 0.6 is 11.3 Å². The summed E-state index contributed by atoms with van der Waals surface area (Å²) in [5.41, 5.74) is 2.26. The SMILES string of the molecule is Cc1ncc(C2(Cc3ccc4oc(C)c(C(=O)O)c4c3)CCC2)s1. The van der Waals surface area contributed by atoms with Crippen LogP contribution in [0.1, 0.15) is 50.8 Å². The molecule has 0 bridgehead atoms. The molecule has 124 valence electrons.